The molecule has 0 bridgehead atoms. The van der Waals surface area contributed by atoms with E-state index >= 15 is 0 Å². The molecule has 3 N–H and O–H groups in total. The lowest BCUT2D eigenvalue weighted by Gasteiger charge is -2.36. The van der Waals surface area contributed by atoms with Crippen molar-refractivity contribution in [3.8, 4) is 12.1 Å². The van der Waals surface area contributed by atoms with E-state index in [1.807, 2.05) is 12.1 Å². The topological polar surface area (TPSA) is 276 Å². The van der Waals surface area contributed by atoms with Crippen molar-refractivity contribution in [1.82, 2.24) is 47.3 Å². The van der Waals surface area contributed by atoms with Gasteiger partial charge in [-0.3, -0.25) is 18.7 Å². The summed E-state index contributed by atoms with van der Waals surface area (Å²) in [6.45, 7) is 6.06. The van der Waals surface area contributed by atoms with Crippen molar-refractivity contribution in [2.24, 2.45) is 0 Å². The van der Waals surface area contributed by atoms with Crippen LogP contribution in [0.25, 0.3) is 22.1 Å². The number of hydrogen-bond donors (Lipinski definition) is 3. The Hall–Kier alpha value is -4.60. The van der Waals surface area contributed by atoms with Gasteiger partial charge in [0.2, 0.25) is 11.9 Å². The van der Waals surface area contributed by atoms with E-state index in [2.05, 4.69) is 35.9 Å². The number of anilines is 2. The van der Waals surface area contributed by atoms with Crippen molar-refractivity contribution in [1.29, 1.82) is 10.5 Å². The molecule has 4 saturated heterocycles. The first-order valence-electron chi connectivity index (χ1n) is 23.8. The quantitative estimate of drug-likeness (QED) is 0.203. The summed E-state index contributed by atoms with van der Waals surface area (Å²) in [6.07, 6.45) is 14.7. The van der Waals surface area contributed by atoms with Crippen LogP contribution >= 0.6 is 23.1 Å². The highest BCUT2D eigenvalue weighted by Gasteiger charge is 2.34. The van der Waals surface area contributed by atoms with E-state index in [0.717, 1.165) is 82.7 Å². The van der Waals surface area contributed by atoms with Gasteiger partial charge in [-0.2, -0.15) is 50.2 Å². The molecule has 6 fully saturated rings. The zero-order chi connectivity index (χ0) is 48.5. The van der Waals surface area contributed by atoms with Gasteiger partial charge >= 0.3 is 0 Å². The number of halogens is 2. The van der Waals surface area contributed by atoms with Crippen LogP contribution < -0.4 is 27.1 Å². The number of morpholine rings is 2. The Balaban J connectivity index is 0.000000175. The summed E-state index contributed by atoms with van der Waals surface area (Å²) >= 11 is 0. The Labute approximate surface area is 417 Å². The molecule has 0 radical (unpaired) electrons. The summed E-state index contributed by atoms with van der Waals surface area (Å²) in [5.41, 5.74) is 0.935. The first-order chi connectivity index (χ1) is 33.3. The van der Waals surface area contributed by atoms with Crippen molar-refractivity contribution < 1.29 is 26.3 Å². The van der Waals surface area contributed by atoms with Crippen molar-refractivity contribution in [2.45, 2.75) is 101 Å². The van der Waals surface area contributed by atoms with Gasteiger partial charge in [0.05, 0.1) is 26.4 Å². The molecule has 4 aromatic heterocycles. The second-order valence-electron chi connectivity index (χ2n) is 18.0. The molecule has 6 aliphatic rings. The number of nitriles is 2. The standard InChI is InChI=1S/C22H29N7O4S.C18H22N6O.C4H8ClNO3S.ClH/c23-14-16-13-17-15-24-22(26-20(17)29(21(16)30)19-3-1-2-4-19)25-18-5-7-27(8-6-18)34(31,32)28-9-11-33-12-10-28;19-10-12-9-13-11-21-18(22-14-5-7-20-8-6-14)23-16(13)24(17(12)25)15-3-1-2-4-15;5-10(7,8)6-1-3-9-4-2-6;/h13,15,18-19H,1-12H2,(H,24,25,26);9,11,14-15,20H,1-8H2,(H,21,22,23);1-4H2;1H. The number of aromatic nitrogens is 6. The smallest absolute Gasteiger partial charge is 0.299 e. The van der Waals surface area contributed by atoms with Gasteiger partial charge < -0.3 is 25.4 Å². The molecular weight excluding hydrogens is 988 g/mol. The third-order valence-corrected chi connectivity index (χ3v) is 17.1. The van der Waals surface area contributed by atoms with Gasteiger partial charge in [-0.15, -0.1) is 12.4 Å². The van der Waals surface area contributed by atoms with Gasteiger partial charge in [0, 0.05) is 97.3 Å². The van der Waals surface area contributed by atoms with E-state index in [0.29, 0.717) is 113 Å². The number of ether oxygens (including phenoxy) is 2. The molecule has 2 aliphatic carbocycles. The number of piperidine rings is 2. The van der Waals surface area contributed by atoms with E-state index in [4.69, 9.17) is 20.2 Å². The zero-order valence-corrected chi connectivity index (χ0v) is 42.1. The average molecular weight is 1050 g/mol. The molecule has 0 aromatic carbocycles. The lowest BCUT2D eigenvalue weighted by molar-refractivity contribution is 0.0696. The van der Waals surface area contributed by atoms with Gasteiger partial charge in [0.25, 0.3) is 30.6 Å². The largest absolute Gasteiger partial charge is 0.379 e. The van der Waals surface area contributed by atoms with Crippen LogP contribution in [-0.4, -0.2) is 150 Å². The Bertz CT molecular complexity index is 2880. The Kier molecular flexibility index (Phi) is 18.4. The van der Waals surface area contributed by atoms with Crippen molar-refractivity contribution in [3.63, 3.8) is 0 Å². The fourth-order valence-corrected chi connectivity index (χ4v) is 12.4. The Morgan fingerprint density at radius 1 is 0.614 bits per heavy atom. The predicted octanol–water partition coefficient (Wildman–Crippen LogP) is 3.40. The molecule has 8 heterocycles. The van der Waals surface area contributed by atoms with E-state index in [-0.39, 0.29) is 52.8 Å². The van der Waals surface area contributed by atoms with Gasteiger partial charge in [-0.25, -0.2) is 9.97 Å². The van der Waals surface area contributed by atoms with Gasteiger partial charge in [0.1, 0.15) is 34.6 Å². The highest BCUT2D eigenvalue weighted by atomic mass is 35.7. The molecule has 10 rings (SSSR count). The monoisotopic (exact) mass is 1050 g/mol. The second kappa shape index (κ2) is 24.2. The second-order valence-corrected chi connectivity index (χ2v) is 22.4. The van der Waals surface area contributed by atoms with Gasteiger partial charge in [-0.1, -0.05) is 25.7 Å². The average Bonchev–Trinajstić information content (AvgIpc) is 4.11. The molecule has 0 unspecified atom stereocenters. The summed E-state index contributed by atoms with van der Waals surface area (Å²) < 4.78 is 64.9. The molecule has 4 aliphatic heterocycles. The molecule has 380 valence electrons. The van der Waals surface area contributed by atoms with Crippen molar-refractivity contribution >= 4 is 76.5 Å². The molecular formula is C44H60Cl2N14O8S2. The molecule has 0 amide bonds. The fraction of sp³-hybridized carbons (Fsp3) is 0.636. The summed E-state index contributed by atoms with van der Waals surface area (Å²) in [7, 11) is -1.92. The van der Waals surface area contributed by atoms with Crippen LogP contribution in [0.3, 0.4) is 0 Å². The normalized spacial score (nSPS) is 20.6. The lowest BCUT2D eigenvalue weighted by Crippen LogP contribution is -2.51. The van der Waals surface area contributed by atoms with Crippen LogP contribution in [0.5, 0.6) is 0 Å². The fourth-order valence-electron chi connectivity index (χ4n) is 9.81. The van der Waals surface area contributed by atoms with E-state index in [9.17, 15) is 36.9 Å². The van der Waals surface area contributed by atoms with E-state index in [1.165, 1.54) is 8.61 Å². The molecule has 70 heavy (non-hydrogen) atoms. The number of nitrogens with one attached hydrogen (secondary N) is 3. The number of fused-ring (bicyclic) bond motifs is 2. The van der Waals surface area contributed by atoms with Crippen LogP contribution in [0.4, 0.5) is 11.9 Å². The van der Waals surface area contributed by atoms with Gasteiger partial charge in [0.15, 0.2) is 0 Å². The minimum atomic E-state index is -3.50. The van der Waals surface area contributed by atoms with Gasteiger partial charge in [-0.05, 0) is 76.6 Å². The molecule has 22 nitrogen and oxygen atoms in total. The first kappa shape index (κ1) is 53.2. The van der Waals surface area contributed by atoms with Crippen LogP contribution in [0.1, 0.15) is 100 Å². The van der Waals surface area contributed by atoms with Crippen LogP contribution in [0, 0.1) is 22.7 Å². The molecule has 0 atom stereocenters. The number of rotatable bonds is 9. The highest BCUT2D eigenvalue weighted by molar-refractivity contribution is 8.11. The summed E-state index contributed by atoms with van der Waals surface area (Å²) in [5, 5.41) is 30.2. The Morgan fingerprint density at radius 3 is 1.41 bits per heavy atom. The Morgan fingerprint density at radius 2 is 1.01 bits per heavy atom. The molecule has 0 spiro atoms. The maximum absolute atomic E-state index is 12.9. The number of nitrogens with zero attached hydrogens (tertiary/aromatic N) is 11. The summed E-state index contributed by atoms with van der Waals surface area (Å²) in [5.74, 6) is 0.980. The molecule has 26 heteroatoms. The number of hydrogen-bond acceptors (Lipinski definition) is 17. The molecule has 2 saturated carbocycles. The van der Waals surface area contributed by atoms with E-state index < -0.39 is 19.4 Å². The molecule has 4 aromatic rings. The maximum atomic E-state index is 12.9. The number of pyridine rings is 2. The van der Waals surface area contributed by atoms with Crippen molar-refractivity contribution in [3.05, 3.63) is 56.4 Å². The highest BCUT2D eigenvalue weighted by Crippen LogP contribution is 2.32. The van der Waals surface area contributed by atoms with Crippen LogP contribution in [-0.2, 0) is 28.9 Å². The van der Waals surface area contributed by atoms with E-state index in [1.54, 1.807) is 38.0 Å². The first-order valence-corrected chi connectivity index (χ1v) is 27.5. The predicted molar refractivity (Wildman–Crippen MR) is 265 cm³/mol. The lowest BCUT2D eigenvalue weighted by atomic mass is 10.1. The maximum Gasteiger partial charge on any atom is 0.299 e. The minimum absolute atomic E-state index is 0. The van der Waals surface area contributed by atoms with Crippen LogP contribution in [0.2, 0.25) is 0 Å². The van der Waals surface area contributed by atoms with Crippen molar-refractivity contribution in [2.75, 3.05) is 89.4 Å². The SMILES string of the molecule is Cl.N#Cc1cc2cnc(NC3CCN(S(=O)(=O)N4CCOCC4)CC3)nc2n(C2CCCC2)c1=O.N#Cc1cc2cnc(NC3CCNCC3)nc2n(C2CCCC2)c1=O.O=S(=O)(Cl)N1CCOCC1. The third-order valence-electron chi connectivity index (χ3n) is 13.5. The third kappa shape index (κ3) is 12.7. The zero-order valence-electron chi connectivity index (χ0n) is 38.9. The van der Waals surface area contributed by atoms with Crippen LogP contribution in [0.15, 0.2) is 34.1 Å². The summed E-state index contributed by atoms with van der Waals surface area (Å²) in [6, 6.07) is 7.74. The minimum Gasteiger partial charge on any atom is -0.379 e. The summed E-state index contributed by atoms with van der Waals surface area (Å²) in [4.78, 5) is 43.9.